The largest absolute Gasteiger partial charge is 0.326 e. The highest BCUT2D eigenvalue weighted by Gasteiger charge is 2.32. The van der Waals surface area contributed by atoms with E-state index in [2.05, 4.69) is 4.52 Å². The van der Waals surface area contributed by atoms with Gasteiger partial charge < -0.3 is 4.89 Å². The Kier molecular flexibility index (Phi) is 3.42. The van der Waals surface area contributed by atoms with Crippen LogP contribution >= 0.6 is 8.25 Å². The molecule has 0 fully saturated rings. The summed E-state index contributed by atoms with van der Waals surface area (Å²) in [6.07, 6.45) is -2.76. The molecule has 0 spiro atoms. The molecule has 6 heteroatoms. The van der Waals surface area contributed by atoms with Gasteiger partial charge in [-0.25, -0.2) is 8.78 Å². The quantitative estimate of drug-likeness (QED) is 0.658. The SMILES string of the molecule is CC(C)(O[PH](=O)O)C(F)F. The van der Waals surface area contributed by atoms with Crippen LogP contribution in [0.25, 0.3) is 0 Å². The summed E-state index contributed by atoms with van der Waals surface area (Å²) in [5, 5.41) is 0. The maximum Gasteiger partial charge on any atom is 0.317 e. The Morgan fingerprint density at radius 1 is 1.60 bits per heavy atom. The monoisotopic (exact) mass is 174 g/mol. The molecule has 0 saturated heterocycles. The van der Waals surface area contributed by atoms with Crippen LogP contribution in [-0.2, 0) is 9.09 Å². The van der Waals surface area contributed by atoms with Crippen LogP contribution in [0, 0.1) is 0 Å². The fraction of sp³-hybridized carbons (Fsp3) is 1.00. The fourth-order valence-corrected chi connectivity index (χ4v) is 0.809. The summed E-state index contributed by atoms with van der Waals surface area (Å²) in [6, 6.07) is 0. The van der Waals surface area contributed by atoms with E-state index in [4.69, 9.17) is 4.89 Å². The number of hydrogen-bond donors (Lipinski definition) is 1. The van der Waals surface area contributed by atoms with Crippen LogP contribution in [-0.4, -0.2) is 16.9 Å². The molecule has 0 aromatic carbocycles. The Hall–Kier alpha value is 0.01000. The van der Waals surface area contributed by atoms with E-state index < -0.39 is 20.3 Å². The number of alkyl halides is 2. The number of rotatable bonds is 3. The molecule has 0 aromatic heterocycles. The average molecular weight is 174 g/mol. The lowest BCUT2D eigenvalue weighted by Crippen LogP contribution is -2.30. The summed E-state index contributed by atoms with van der Waals surface area (Å²) in [5.74, 6) is 0. The van der Waals surface area contributed by atoms with Crippen molar-refractivity contribution in [3.8, 4) is 0 Å². The molecule has 0 aromatic rings. The summed E-state index contributed by atoms with van der Waals surface area (Å²) in [5.41, 5.74) is -1.83. The molecule has 0 amide bonds. The van der Waals surface area contributed by atoms with Crippen molar-refractivity contribution < 1.29 is 22.8 Å². The normalized spacial score (nSPS) is 15.8. The topological polar surface area (TPSA) is 46.5 Å². The van der Waals surface area contributed by atoms with Crippen LogP contribution in [0.5, 0.6) is 0 Å². The van der Waals surface area contributed by atoms with Gasteiger partial charge in [0.1, 0.15) is 5.60 Å². The van der Waals surface area contributed by atoms with Gasteiger partial charge in [-0.3, -0.25) is 9.09 Å². The Labute approximate surface area is 58.0 Å². The maximum atomic E-state index is 11.8. The Morgan fingerprint density at radius 3 is 2.10 bits per heavy atom. The Morgan fingerprint density at radius 2 is 2.00 bits per heavy atom. The van der Waals surface area contributed by atoms with Crippen molar-refractivity contribution in [2.75, 3.05) is 0 Å². The Balaban J connectivity index is 3.99. The van der Waals surface area contributed by atoms with Gasteiger partial charge in [0.05, 0.1) is 0 Å². The Bertz CT molecular complexity index is 136. The smallest absolute Gasteiger partial charge is 0.317 e. The first-order chi connectivity index (χ1) is 4.36. The standard InChI is InChI=1S/C4H9F2O3P/c1-4(2,3(5)6)9-10(7)8/h3,10H,1-2H3,(H,7,8). The van der Waals surface area contributed by atoms with Gasteiger partial charge in [-0.2, -0.15) is 0 Å². The summed E-state index contributed by atoms with van der Waals surface area (Å²) >= 11 is 0. The zero-order valence-corrected chi connectivity index (χ0v) is 6.60. The molecule has 0 saturated carbocycles. The van der Waals surface area contributed by atoms with E-state index in [-0.39, 0.29) is 0 Å². The zero-order chi connectivity index (χ0) is 8.36. The van der Waals surface area contributed by atoms with Crippen molar-refractivity contribution in [3.05, 3.63) is 0 Å². The van der Waals surface area contributed by atoms with Crippen LogP contribution in [0.3, 0.4) is 0 Å². The van der Waals surface area contributed by atoms with Gasteiger partial charge in [-0.1, -0.05) is 0 Å². The summed E-state index contributed by atoms with van der Waals surface area (Å²) in [7, 11) is -3.27. The molecular formula is C4H9F2O3P. The van der Waals surface area contributed by atoms with Gasteiger partial charge in [0.25, 0.3) is 6.43 Å². The second kappa shape index (κ2) is 3.42. The number of hydrogen-bond acceptors (Lipinski definition) is 2. The van der Waals surface area contributed by atoms with Crippen molar-refractivity contribution in [1.82, 2.24) is 0 Å². The molecule has 62 valence electrons. The maximum absolute atomic E-state index is 11.8. The molecule has 0 heterocycles. The second-order valence-corrected chi connectivity index (χ2v) is 3.01. The predicted octanol–water partition coefficient (Wildman–Crippen LogP) is 1.43. The van der Waals surface area contributed by atoms with Crippen molar-refractivity contribution >= 4 is 8.25 Å². The summed E-state index contributed by atoms with van der Waals surface area (Å²) in [6.45, 7) is 2.10. The van der Waals surface area contributed by atoms with Crippen LogP contribution in [0.15, 0.2) is 0 Å². The molecule has 0 aliphatic carbocycles. The van der Waals surface area contributed by atoms with Gasteiger partial charge in [0.15, 0.2) is 0 Å². The van der Waals surface area contributed by atoms with Crippen molar-refractivity contribution in [2.24, 2.45) is 0 Å². The molecule has 0 bridgehead atoms. The lowest BCUT2D eigenvalue weighted by molar-refractivity contribution is -0.0520. The van der Waals surface area contributed by atoms with E-state index in [1.807, 2.05) is 0 Å². The predicted molar refractivity (Wildman–Crippen MR) is 32.4 cm³/mol. The fourth-order valence-electron chi connectivity index (χ4n) is 0.270. The van der Waals surface area contributed by atoms with E-state index in [1.54, 1.807) is 0 Å². The second-order valence-electron chi connectivity index (χ2n) is 2.27. The third-order valence-corrected chi connectivity index (χ3v) is 1.58. The summed E-state index contributed by atoms with van der Waals surface area (Å²) < 4.78 is 37.6. The van der Waals surface area contributed by atoms with Crippen molar-refractivity contribution in [3.63, 3.8) is 0 Å². The van der Waals surface area contributed by atoms with E-state index in [0.717, 1.165) is 13.8 Å². The highest BCUT2D eigenvalue weighted by atomic mass is 31.1. The first kappa shape index (κ1) is 10.0. The molecule has 0 radical (unpaired) electrons. The van der Waals surface area contributed by atoms with Gasteiger partial charge in [-0.05, 0) is 13.8 Å². The van der Waals surface area contributed by atoms with Crippen LogP contribution < -0.4 is 0 Å². The molecule has 0 aliphatic heterocycles. The van der Waals surface area contributed by atoms with E-state index in [1.165, 1.54) is 0 Å². The third-order valence-electron chi connectivity index (χ3n) is 0.876. The molecule has 1 atom stereocenters. The third kappa shape index (κ3) is 3.25. The van der Waals surface area contributed by atoms with Crippen molar-refractivity contribution in [2.45, 2.75) is 25.9 Å². The van der Waals surface area contributed by atoms with Crippen LogP contribution in [0.2, 0.25) is 0 Å². The van der Waals surface area contributed by atoms with Gasteiger partial charge >= 0.3 is 8.25 Å². The minimum Gasteiger partial charge on any atom is -0.326 e. The molecule has 3 nitrogen and oxygen atoms in total. The van der Waals surface area contributed by atoms with Gasteiger partial charge in [-0.15, -0.1) is 0 Å². The minimum atomic E-state index is -3.27. The summed E-state index contributed by atoms with van der Waals surface area (Å²) in [4.78, 5) is 8.13. The lowest BCUT2D eigenvalue weighted by atomic mass is 10.2. The van der Waals surface area contributed by atoms with E-state index in [0.29, 0.717) is 0 Å². The highest BCUT2D eigenvalue weighted by molar-refractivity contribution is 7.32. The lowest BCUT2D eigenvalue weighted by Gasteiger charge is -2.21. The van der Waals surface area contributed by atoms with Gasteiger partial charge in [0.2, 0.25) is 0 Å². The molecular weight excluding hydrogens is 165 g/mol. The van der Waals surface area contributed by atoms with E-state index in [9.17, 15) is 13.3 Å². The molecule has 0 aliphatic rings. The average Bonchev–Trinajstić information content (AvgIpc) is 1.60. The first-order valence-corrected chi connectivity index (χ1v) is 3.82. The highest BCUT2D eigenvalue weighted by Crippen LogP contribution is 2.30. The van der Waals surface area contributed by atoms with Gasteiger partial charge in [0, 0.05) is 0 Å². The zero-order valence-electron chi connectivity index (χ0n) is 5.60. The molecule has 0 rings (SSSR count). The molecule has 10 heavy (non-hydrogen) atoms. The minimum absolute atomic E-state index is 1.05. The first-order valence-electron chi connectivity index (χ1n) is 2.56. The van der Waals surface area contributed by atoms with E-state index >= 15 is 0 Å². The van der Waals surface area contributed by atoms with Crippen LogP contribution in [0.1, 0.15) is 13.8 Å². The molecule has 1 N–H and O–H groups in total. The van der Waals surface area contributed by atoms with Crippen molar-refractivity contribution in [1.29, 1.82) is 0 Å². The van der Waals surface area contributed by atoms with Crippen LogP contribution in [0.4, 0.5) is 8.78 Å². The number of halogens is 2. The molecule has 1 unspecified atom stereocenters.